The Hall–Kier alpha value is 0.910. The van der Waals surface area contributed by atoms with Gasteiger partial charge < -0.3 is 4.55 Å². The van der Waals surface area contributed by atoms with Crippen LogP contribution in [0.1, 0.15) is 6.42 Å². The molecular formula is C3H6NaO3S. The van der Waals surface area contributed by atoms with Crippen LogP contribution in [0.15, 0.2) is 0 Å². The molecule has 0 saturated carbocycles. The van der Waals surface area contributed by atoms with Crippen LogP contribution < -0.4 is 29.6 Å². The zero-order valence-electron chi connectivity index (χ0n) is 4.75. The van der Waals surface area contributed by atoms with Gasteiger partial charge in [0.1, 0.15) is 0 Å². The molecule has 43 valence electrons. The molecule has 0 atom stereocenters. The first kappa shape index (κ1) is 11.7. The molecular weight excluding hydrogens is 139 g/mol. The molecule has 0 aliphatic rings. The van der Waals surface area contributed by atoms with E-state index in [2.05, 4.69) is 6.92 Å². The van der Waals surface area contributed by atoms with Crippen molar-refractivity contribution in [2.45, 2.75) is 6.42 Å². The van der Waals surface area contributed by atoms with Crippen molar-refractivity contribution in [2.24, 2.45) is 0 Å². The van der Waals surface area contributed by atoms with Crippen LogP contribution in [0.4, 0.5) is 0 Å². The van der Waals surface area contributed by atoms with E-state index in [0.717, 1.165) is 0 Å². The molecule has 0 fully saturated rings. The van der Waals surface area contributed by atoms with Gasteiger partial charge in [-0.2, -0.15) is 0 Å². The third-order valence-electron chi connectivity index (χ3n) is 0.394. The summed E-state index contributed by atoms with van der Waals surface area (Å²) in [5, 5.41) is 0. The normalized spacial score (nSPS) is 10.2. The van der Waals surface area contributed by atoms with Gasteiger partial charge in [0.2, 0.25) is 0 Å². The molecule has 0 spiro atoms. The third kappa shape index (κ3) is 10.0. The summed E-state index contributed by atoms with van der Waals surface area (Å²) in [6.45, 7) is 3.19. The molecule has 0 saturated heterocycles. The largest absolute Gasteiger partial charge is 1.00 e. The van der Waals surface area contributed by atoms with Crippen LogP contribution in [0.5, 0.6) is 0 Å². The maximum absolute atomic E-state index is 9.64. The molecule has 1 radical (unpaired) electrons. The van der Waals surface area contributed by atoms with E-state index in [4.69, 9.17) is 0 Å². The van der Waals surface area contributed by atoms with Crippen LogP contribution in [0.25, 0.3) is 0 Å². The molecule has 0 aliphatic heterocycles. The monoisotopic (exact) mass is 145 g/mol. The number of hydrogen-bond acceptors (Lipinski definition) is 3. The Morgan fingerprint density at radius 3 is 1.88 bits per heavy atom. The molecule has 0 heterocycles. The second-order valence-corrected chi connectivity index (χ2v) is 2.64. The summed E-state index contributed by atoms with van der Waals surface area (Å²) in [5.74, 6) is -0.354. The van der Waals surface area contributed by atoms with Gasteiger partial charge >= 0.3 is 29.6 Å². The molecule has 0 amide bonds. The molecule has 0 aromatic carbocycles. The molecule has 0 bridgehead atoms. The quantitative estimate of drug-likeness (QED) is 0.303. The minimum atomic E-state index is -3.99. The molecule has 0 aromatic heterocycles. The van der Waals surface area contributed by atoms with E-state index in [0.29, 0.717) is 0 Å². The van der Waals surface area contributed by atoms with Gasteiger partial charge in [0.25, 0.3) is 0 Å². The van der Waals surface area contributed by atoms with E-state index < -0.39 is 10.1 Å². The third-order valence-corrected chi connectivity index (χ3v) is 1.18. The van der Waals surface area contributed by atoms with Gasteiger partial charge in [0.05, 0.1) is 10.1 Å². The first-order chi connectivity index (χ1) is 3.06. The second-order valence-electron chi connectivity index (χ2n) is 1.12. The van der Waals surface area contributed by atoms with Gasteiger partial charge in [-0.15, -0.1) is 0 Å². The summed E-state index contributed by atoms with van der Waals surface area (Å²) in [7, 11) is -3.99. The topological polar surface area (TPSA) is 57.2 Å². The molecule has 0 aromatic rings. The Bertz CT molecular complexity index is 127. The van der Waals surface area contributed by atoms with E-state index >= 15 is 0 Å². The molecule has 0 aliphatic carbocycles. The van der Waals surface area contributed by atoms with E-state index in [9.17, 15) is 13.0 Å². The summed E-state index contributed by atoms with van der Waals surface area (Å²) in [6.07, 6.45) is 0.159. The van der Waals surface area contributed by atoms with Crippen molar-refractivity contribution in [3.63, 3.8) is 0 Å². The predicted octanol–water partition coefficient (Wildman–Crippen LogP) is -3.24. The summed E-state index contributed by atoms with van der Waals surface area (Å²) in [4.78, 5) is 0. The number of rotatable bonds is 2. The summed E-state index contributed by atoms with van der Waals surface area (Å²) in [6, 6.07) is 0. The second kappa shape index (κ2) is 4.76. The van der Waals surface area contributed by atoms with E-state index in [1.807, 2.05) is 0 Å². The summed E-state index contributed by atoms with van der Waals surface area (Å²) >= 11 is 0. The van der Waals surface area contributed by atoms with E-state index in [-0.39, 0.29) is 41.7 Å². The van der Waals surface area contributed by atoms with E-state index in [1.165, 1.54) is 0 Å². The van der Waals surface area contributed by atoms with Crippen LogP contribution in [0.3, 0.4) is 0 Å². The van der Waals surface area contributed by atoms with Crippen molar-refractivity contribution >= 4 is 10.1 Å². The van der Waals surface area contributed by atoms with Gasteiger partial charge in [0.15, 0.2) is 0 Å². The maximum atomic E-state index is 9.64. The first-order valence-corrected chi connectivity index (χ1v) is 3.37. The fourth-order valence-electron chi connectivity index (χ4n) is 0.177. The van der Waals surface area contributed by atoms with Crippen LogP contribution in [-0.4, -0.2) is 18.7 Å². The Kier molecular flexibility index (Phi) is 6.94. The van der Waals surface area contributed by atoms with Crippen molar-refractivity contribution in [3.05, 3.63) is 6.92 Å². The number of hydrogen-bond donors (Lipinski definition) is 0. The minimum absolute atomic E-state index is 0. The molecule has 0 unspecified atom stereocenters. The van der Waals surface area contributed by atoms with Gasteiger partial charge in [-0.3, -0.25) is 0 Å². The Morgan fingerprint density at radius 2 is 1.88 bits per heavy atom. The van der Waals surface area contributed by atoms with Crippen LogP contribution >= 0.6 is 0 Å². The van der Waals surface area contributed by atoms with Crippen molar-refractivity contribution in [2.75, 3.05) is 5.75 Å². The standard InChI is InChI=1S/C3H7O3S.Na/c1-2-3-7(4,5)6;/h1-3H2,(H,4,5,6);/q;+1/p-1. The van der Waals surface area contributed by atoms with Crippen LogP contribution in [0, 0.1) is 6.92 Å². The molecule has 0 N–H and O–H groups in total. The average Bonchev–Trinajstić information content (AvgIpc) is 1.30. The average molecular weight is 145 g/mol. The summed E-state index contributed by atoms with van der Waals surface area (Å²) < 4.78 is 28.9. The minimum Gasteiger partial charge on any atom is -0.748 e. The Morgan fingerprint density at radius 1 is 1.50 bits per heavy atom. The van der Waals surface area contributed by atoms with Crippen molar-refractivity contribution in [1.29, 1.82) is 0 Å². The Balaban J connectivity index is 0. The smallest absolute Gasteiger partial charge is 0.748 e. The molecule has 8 heavy (non-hydrogen) atoms. The van der Waals surface area contributed by atoms with Crippen LogP contribution in [0.2, 0.25) is 0 Å². The van der Waals surface area contributed by atoms with Crippen molar-refractivity contribution in [1.82, 2.24) is 0 Å². The Labute approximate surface area is 71.5 Å². The summed E-state index contributed by atoms with van der Waals surface area (Å²) in [5.41, 5.74) is 0. The molecule has 5 heteroatoms. The van der Waals surface area contributed by atoms with E-state index in [1.54, 1.807) is 0 Å². The first-order valence-electron chi connectivity index (χ1n) is 1.79. The SMILES string of the molecule is [CH2]CCS(=O)(=O)[O-].[Na+]. The zero-order chi connectivity index (χ0) is 5.91. The van der Waals surface area contributed by atoms with Gasteiger partial charge in [0, 0.05) is 5.75 Å². The zero-order valence-corrected chi connectivity index (χ0v) is 7.57. The molecule has 3 nitrogen and oxygen atoms in total. The van der Waals surface area contributed by atoms with Crippen molar-refractivity contribution < 1.29 is 42.5 Å². The van der Waals surface area contributed by atoms with Gasteiger partial charge in [-0.1, -0.05) is 6.92 Å². The fraction of sp³-hybridized carbons (Fsp3) is 0.667. The molecule has 0 rings (SSSR count). The maximum Gasteiger partial charge on any atom is 1.00 e. The van der Waals surface area contributed by atoms with Crippen LogP contribution in [-0.2, 0) is 10.1 Å². The van der Waals surface area contributed by atoms with Crippen molar-refractivity contribution in [3.8, 4) is 0 Å². The van der Waals surface area contributed by atoms with Gasteiger partial charge in [-0.05, 0) is 6.42 Å². The fourth-order valence-corrected chi connectivity index (χ4v) is 0.530. The predicted molar refractivity (Wildman–Crippen MR) is 24.5 cm³/mol. The van der Waals surface area contributed by atoms with Gasteiger partial charge in [-0.25, -0.2) is 8.42 Å².